The van der Waals surface area contributed by atoms with E-state index in [4.69, 9.17) is 0 Å². The van der Waals surface area contributed by atoms with E-state index in [-0.39, 0.29) is 5.91 Å². The Morgan fingerprint density at radius 3 is 2.70 bits per heavy atom. The monoisotopic (exact) mass is 308 g/mol. The van der Waals surface area contributed by atoms with Crippen molar-refractivity contribution < 1.29 is 4.79 Å². The zero-order chi connectivity index (χ0) is 16.6. The molecule has 0 radical (unpaired) electrons. The third-order valence-corrected chi connectivity index (χ3v) is 3.96. The predicted molar refractivity (Wildman–Crippen MR) is 89.5 cm³/mol. The highest BCUT2D eigenvalue weighted by Gasteiger charge is 2.15. The van der Waals surface area contributed by atoms with Crippen LogP contribution in [-0.2, 0) is 6.54 Å². The van der Waals surface area contributed by atoms with Gasteiger partial charge < -0.3 is 5.32 Å². The molecule has 5 nitrogen and oxygen atoms in total. The van der Waals surface area contributed by atoms with Crippen molar-refractivity contribution in [2.24, 2.45) is 0 Å². The molecular weight excluding hydrogens is 288 g/mol. The van der Waals surface area contributed by atoms with Crippen LogP contribution in [0, 0.1) is 27.7 Å². The molecule has 118 valence electrons. The van der Waals surface area contributed by atoms with E-state index in [2.05, 4.69) is 41.4 Å². The zero-order valence-corrected chi connectivity index (χ0v) is 13.8. The summed E-state index contributed by atoms with van der Waals surface area (Å²) in [6.45, 7) is 8.47. The molecule has 1 aromatic carbocycles. The fourth-order valence-electron chi connectivity index (χ4n) is 2.75. The number of fused-ring (bicyclic) bond motifs is 1. The number of carbonyl (C=O) groups is 1. The van der Waals surface area contributed by atoms with E-state index in [1.165, 1.54) is 11.1 Å². The van der Waals surface area contributed by atoms with E-state index in [1.54, 1.807) is 10.7 Å². The van der Waals surface area contributed by atoms with Crippen molar-refractivity contribution in [3.8, 4) is 0 Å². The summed E-state index contributed by atoms with van der Waals surface area (Å²) < 4.78 is 1.69. The highest BCUT2D eigenvalue weighted by Crippen LogP contribution is 2.13. The summed E-state index contributed by atoms with van der Waals surface area (Å²) in [4.78, 5) is 16.9. The normalized spacial score (nSPS) is 11.0. The van der Waals surface area contributed by atoms with E-state index in [0.29, 0.717) is 17.8 Å². The van der Waals surface area contributed by atoms with Crippen molar-refractivity contribution in [1.82, 2.24) is 19.9 Å². The number of rotatable bonds is 3. The lowest BCUT2D eigenvalue weighted by Crippen LogP contribution is -2.23. The Kier molecular flexibility index (Phi) is 3.86. The quantitative estimate of drug-likeness (QED) is 0.809. The average Bonchev–Trinajstić information content (AvgIpc) is 2.90. The van der Waals surface area contributed by atoms with Crippen molar-refractivity contribution in [1.29, 1.82) is 0 Å². The molecule has 2 heterocycles. The van der Waals surface area contributed by atoms with Gasteiger partial charge >= 0.3 is 0 Å². The Balaban J connectivity index is 1.84. The molecule has 0 saturated carbocycles. The predicted octanol–water partition coefficient (Wildman–Crippen LogP) is 2.89. The van der Waals surface area contributed by atoms with Crippen LogP contribution in [-0.4, -0.2) is 20.5 Å². The minimum absolute atomic E-state index is 0.155. The van der Waals surface area contributed by atoms with Gasteiger partial charge in [-0.2, -0.15) is 5.10 Å². The van der Waals surface area contributed by atoms with Crippen LogP contribution in [0.1, 0.15) is 38.4 Å². The summed E-state index contributed by atoms with van der Waals surface area (Å²) in [6, 6.07) is 8.16. The fraction of sp³-hybridized carbons (Fsp3) is 0.278. The molecule has 2 aromatic heterocycles. The minimum atomic E-state index is -0.155. The van der Waals surface area contributed by atoms with Crippen LogP contribution in [0.2, 0.25) is 0 Å². The fourth-order valence-corrected chi connectivity index (χ4v) is 2.75. The number of carbonyl (C=O) groups excluding carboxylic acids is 1. The SMILES string of the molecule is Cc1ccc(CNC(=O)c2cnn3c(C)cc(C)nc23)c(C)c1. The molecule has 23 heavy (non-hydrogen) atoms. The average molecular weight is 308 g/mol. The van der Waals surface area contributed by atoms with E-state index in [1.807, 2.05) is 26.0 Å². The molecule has 0 bridgehead atoms. The largest absolute Gasteiger partial charge is 0.348 e. The van der Waals surface area contributed by atoms with Crippen molar-refractivity contribution in [2.45, 2.75) is 34.2 Å². The first-order valence-electron chi connectivity index (χ1n) is 7.62. The Labute approximate surface area is 135 Å². The van der Waals surface area contributed by atoms with Crippen molar-refractivity contribution >= 4 is 11.6 Å². The maximum Gasteiger partial charge on any atom is 0.257 e. The second-order valence-corrected chi connectivity index (χ2v) is 5.95. The zero-order valence-electron chi connectivity index (χ0n) is 13.8. The lowest BCUT2D eigenvalue weighted by molar-refractivity contribution is 0.0952. The van der Waals surface area contributed by atoms with Gasteiger partial charge in [0.2, 0.25) is 0 Å². The lowest BCUT2D eigenvalue weighted by atomic mass is 10.1. The topological polar surface area (TPSA) is 59.3 Å². The molecule has 0 fully saturated rings. The summed E-state index contributed by atoms with van der Waals surface area (Å²) in [7, 11) is 0. The van der Waals surface area contributed by atoms with Gasteiger partial charge in [-0.25, -0.2) is 9.50 Å². The number of hydrogen-bond donors (Lipinski definition) is 1. The number of benzene rings is 1. The van der Waals surface area contributed by atoms with Crippen LogP contribution >= 0.6 is 0 Å². The molecule has 5 heteroatoms. The number of nitrogens with one attached hydrogen (secondary N) is 1. The number of nitrogens with zero attached hydrogens (tertiary/aromatic N) is 3. The van der Waals surface area contributed by atoms with Crippen molar-refractivity contribution in [3.05, 3.63) is 64.1 Å². The van der Waals surface area contributed by atoms with Crippen LogP contribution in [0.4, 0.5) is 0 Å². The standard InChI is InChI=1S/C18H20N4O/c1-11-5-6-15(12(2)7-11)9-19-18(23)16-10-20-22-14(4)8-13(3)21-17(16)22/h5-8,10H,9H2,1-4H3,(H,19,23). The summed E-state index contributed by atoms with van der Waals surface area (Å²) >= 11 is 0. The van der Waals surface area contributed by atoms with Gasteiger partial charge in [0.1, 0.15) is 5.56 Å². The van der Waals surface area contributed by atoms with E-state index in [9.17, 15) is 4.79 Å². The third-order valence-electron chi connectivity index (χ3n) is 3.96. The molecule has 3 aromatic rings. The first-order valence-corrected chi connectivity index (χ1v) is 7.62. The number of amides is 1. The number of hydrogen-bond acceptors (Lipinski definition) is 3. The van der Waals surface area contributed by atoms with Gasteiger partial charge in [0.05, 0.1) is 6.20 Å². The van der Waals surface area contributed by atoms with Gasteiger partial charge in [0.15, 0.2) is 5.65 Å². The number of aryl methyl sites for hydroxylation is 4. The second kappa shape index (κ2) is 5.83. The van der Waals surface area contributed by atoms with Gasteiger partial charge in [-0.15, -0.1) is 0 Å². The molecule has 0 aliphatic heterocycles. The van der Waals surface area contributed by atoms with Crippen molar-refractivity contribution in [2.75, 3.05) is 0 Å². The Morgan fingerprint density at radius 2 is 1.96 bits per heavy atom. The van der Waals surface area contributed by atoms with Crippen LogP contribution in [0.15, 0.2) is 30.5 Å². The first kappa shape index (κ1) is 15.2. The first-order chi connectivity index (χ1) is 11.0. The van der Waals surface area contributed by atoms with Crippen molar-refractivity contribution in [3.63, 3.8) is 0 Å². The Morgan fingerprint density at radius 1 is 1.17 bits per heavy atom. The van der Waals surface area contributed by atoms with Gasteiger partial charge in [-0.3, -0.25) is 4.79 Å². The molecule has 1 amide bonds. The summed E-state index contributed by atoms with van der Waals surface area (Å²) in [5.41, 5.74) is 6.44. The van der Waals surface area contributed by atoms with E-state index in [0.717, 1.165) is 17.0 Å². The summed E-state index contributed by atoms with van der Waals surface area (Å²) in [5.74, 6) is -0.155. The van der Waals surface area contributed by atoms with E-state index < -0.39 is 0 Å². The van der Waals surface area contributed by atoms with Gasteiger partial charge in [-0.1, -0.05) is 23.8 Å². The summed E-state index contributed by atoms with van der Waals surface area (Å²) in [6.07, 6.45) is 1.58. The van der Waals surface area contributed by atoms with E-state index >= 15 is 0 Å². The molecule has 3 rings (SSSR count). The van der Waals surface area contributed by atoms with Gasteiger partial charge in [0.25, 0.3) is 5.91 Å². The second-order valence-electron chi connectivity index (χ2n) is 5.95. The maximum absolute atomic E-state index is 12.5. The molecule has 0 aliphatic carbocycles. The van der Waals surface area contributed by atoms with Gasteiger partial charge in [-0.05, 0) is 44.9 Å². The smallest absolute Gasteiger partial charge is 0.257 e. The third kappa shape index (κ3) is 2.95. The Hall–Kier alpha value is -2.69. The highest BCUT2D eigenvalue weighted by molar-refractivity contribution is 5.99. The molecule has 1 N–H and O–H groups in total. The van der Waals surface area contributed by atoms with Crippen LogP contribution in [0.25, 0.3) is 5.65 Å². The van der Waals surface area contributed by atoms with Gasteiger partial charge in [0, 0.05) is 17.9 Å². The number of aromatic nitrogens is 3. The minimum Gasteiger partial charge on any atom is -0.348 e. The maximum atomic E-state index is 12.5. The van der Waals surface area contributed by atoms with Crippen LogP contribution in [0.3, 0.4) is 0 Å². The highest BCUT2D eigenvalue weighted by atomic mass is 16.1. The molecule has 0 atom stereocenters. The molecular formula is C18H20N4O. The van der Waals surface area contributed by atoms with Crippen LogP contribution in [0.5, 0.6) is 0 Å². The summed E-state index contributed by atoms with van der Waals surface area (Å²) in [5, 5.41) is 7.22. The molecule has 0 aliphatic rings. The molecule has 0 spiro atoms. The molecule has 0 saturated heterocycles. The molecule has 0 unspecified atom stereocenters. The van der Waals surface area contributed by atoms with Crippen LogP contribution < -0.4 is 5.32 Å². The Bertz CT molecular complexity index is 895. The lowest BCUT2D eigenvalue weighted by Gasteiger charge is -2.08.